The second kappa shape index (κ2) is 10.5. The van der Waals surface area contributed by atoms with Gasteiger partial charge in [-0.1, -0.05) is 144 Å². The minimum atomic E-state index is 0.353. The molecule has 0 aliphatic heterocycles. The Balaban J connectivity index is 0.000000266. The summed E-state index contributed by atoms with van der Waals surface area (Å²) in [7, 11) is 0. The van der Waals surface area contributed by atoms with Gasteiger partial charge >= 0.3 is 0 Å². The molecular formula is C37H42. The topological polar surface area (TPSA) is 0 Å². The third-order valence-corrected chi connectivity index (χ3v) is 9.70. The first-order chi connectivity index (χ1) is 18.2. The first-order valence-corrected chi connectivity index (χ1v) is 14.9. The maximum atomic E-state index is 2.59. The third-order valence-electron chi connectivity index (χ3n) is 9.70. The average molecular weight is 487 g/mol. The van der Waals surface area contributed by atoms with Crippen molar-refractivity contribution in [3.8, 4) is 0 Å². The first-order valence-electron chi connectivity index (χ1n) is 14.9. The summed E-state index contributed by atoms with van der Waals surface area (Å²) in [5, 5.41) is 5.78. The highest BCUT2D eigenvalue weighted by Crippen LogP contribution is 2.49. The van der Waals surface area contributed by atoms with Crippen LogP contribution in [0.2, 0.25) is 0 Å². The molecule has 0 nitrogen and oxygen atoms in total. The molecule has 3 aromatic carbocycles. The summed E-state index contributed by atoms with van der Waals surface area (Å²) < 4.78 is 0. The number of rotatable bonds is 4. The summed E-state index contributed by atoms with van der Waals surface area (Å²) in [5.74, 6) is 1.83. The number of benzene rings is 3. The van der Waals surface area contributed by atoms with Crippen molar-refractivity contribution in [3.63, 3.8) is 0 Å². The molecule has 0 N–H and O–H groups in total. The second-order valence-corrected chi connectivity index (χ2v) is 12.2. The van der Waals surface area contributed by atoms with E-state index in [1.54, 1.807) is 11.1 Å². The van der Waals surface area contributed by atoms with Gasteiger partial charge < -0.3 is 0 Å². The van der Waals surface area contributed by atoms with Crippen LogP contribution in [0.1, 0.15) is 82.8 Å². The SMILES string of the molecule is C1=CC2=CC=CC2=C1.CCCCC1(C)CC(C2CCCCC2)Cc2c1ccc1c2ccc2ccccc21. The zero-order valence-corrected chi connectivity index (χ0v) is 22.8. The number of allylic oxidation sites excluding steroid dienone is 8. The van der Waals surface area contributed by atoms with Crippen molar-refractivity contribution < 1.29 is 0 Å². The molecule has 0 bridgehead atoms. The highest BCUT2D eigenvalue weighted by Gasteiger charge is 2.39. The van der Waals surface area contributed by atoms with Crippen LogP contribution in [-0.4, -0.2) is 0 Å². The monoisotopic (exact) mass is 486 g/mol. The molecule has 0 aromatic heterocycles. The Morgan fingerprint density at radius 2 is 1.49 bits per heavy atom. The zero-order chi connectivity index (χ0) is 25.2. The first kappa shape index (κ1) is 24.5. The molecule has 0 saturated heterocycles. The number of hydrogen-bond donors (Lipinski definition) is 0. The van der Waals surface area contributed by atoms with Crippen LogP contribution in [0.5, 0.6) is 0 Å². The quantitative estimate of drug-likeness (QED) is 0.322. The van der Waals surface area contributed by atoms with Gasteiger partial charge in [0.1, 0.15) is 0 Å². The predicted molar refractivity (Wildman–Crippen MR) is 161 cm³/mol. The van der Waals surface area contributed by atoms with Crippen LogP contribution >= 0.6 is 0 Å². The van der Waals surface area contributed by atoms with E-state index in [-0.39, 0.29) is 0 Å². The van der Waals surface area contributed by atoms with Crippen molar-refractivity contribution in [1.82, 2.24) is 0 Å². The van der Waals surface area contributed by atoms with E-state index in [4.69, 9.17) is 0 Å². The van der Waals surface area contributed by atoms with E-state index in [0.29, 0.717) is 5.41 Å². The van der Waals surface area contributed by atoms with E-state index in [1.165, 1.54) is 96.9 Å². The minimum absolute atomic E-state index is 0.353. The molecule has 1 fully saturated rings. The Bertz CT molecular complexity index is 1380. The molecule has 2 atom stereocenters. The van der Waals surface area contributed by atoms with Gasteiger partial charge in [-0.3, -0.25) is 0 Å². The van der Waals surface area contributed by atoms with Crippen molar-refractivity contribution in [3.05, 3.63) is 107 Å². The fourth-order valence-electron chi connectivity index (χ4n) is 7.71. The Hall–Kier alpha value is -2.86. The van der Waals surface area contributed by atoms with Gasteiger partial charge in [0.25, 0.3) is 0 Å². The fraction of sp³-hybridized carbons (Fsp3) is 0.405. The van der Waals surface area contributed by atoms with E-state index < -0.39 is 0 Å². The molecule has 37 heavy (non-hydrogen) atoms. The van der Waals surface area contributed by atoms with Gasteiger partial charge in [-0.25, -0.2) is 0 Å². The van der Waals surface area contributed by atoms with E-state index in [1.807, 2.05) is 0 Å². The lowest BCUT2D eigenvalue weighted by Crippen LogP contribution is -2.36. The van der Waals surface area contributed by atoms with Crippen molar-refractivity contribution in [2.24, 2.45) is 11.8 Å². The molecule has 3 aromatic rings. The number of hydrogen-bond acceptors (Lipinski definition) is 0. The highest BCUT2D eigenvalue weighted by molar-refractivity contribution is 6.08. The summed E-state index contributed by atoms with van der Waals surface area (Å²) in [5.41, 5.74) is 6.41. The van der Waals surface area contributed by atoms with Gasteiger partial charge in [0.15, 0.2) is 0 Å². The van der Waals surface area contributed by atoms with Crippen LogP contribution < -0.4 is 0 Å². The molecule has 4 aliphatic rings. The molecule has 1 saturated carbocycles. The lowest BCUT2D eigenvalue weighted by atomic mass is 9.60. The summed E-state index contributed by atoms with van der Waals surface area (Å²) >= 11 is 0. The maximum absolute atomic E-state index is 2.59. The number of unbranched alkanes of at least 4 members (excludes halogenated alkanes) is 1. The Morgan fingerprint density at radius 1 is 0.757 bits per heavy atom. The molecular weight excluding hydrogens is 444 g/mol. The standard InChI is InChI=1S/C29H36.C8H6/c1-3-4-18-29(2)20-23(21-10-6-5-7-11-21)19-27-26-15-14-22-12-8-9-13-24(22)25(26)16-17-28(27)29;1-3-7-5-2-6-8(7)4-1/h8-9,12-17,21,23H,3-7,10-11,18-20H2,1-2H3;1-6H. The smallest absolute Gasteiger partial charge is 0.00695 e. The van der Waals surface area contributed by atoms with Crippen molar-refractivity contribution in [1.29, 1.82) is 0 Å². The normalized spacial score (nSPS) is 24.4. The fourth-order valence-corrected chi connectivity index (χ4v) is 7.71. The Labute approximate surface area is 223 Å². The summed E-state index contributed by atoms with van der Waals surface area (Å²) in [6, 6.07) is 18.6. The lowest BCUT2D eigenvalue weighted by Gasteiger charge is -2.44. The molecule has 0 radical (unpaired) electrons. The molecule has 0 spiro atoms. The Morgan fingerprint density at radius 3 is 2.24 bits per heavy atom. The van der Waals surface area contributed by atoms with E-state index in [9.17, 15) is 0 Å². The lowest BCUT2D eigenvalue weighted by molar-refractivity contribution is 0.177. The van der Waals surface area contributed by atoms with E-state index in [0.717, 1.165) is 11.8 Å². The van der Waals surface area contributed by atoms with Crippen molar-refractivity contribution in [2.75, 3.05) is 0 Å². The molecule has 7 rings (SSSR count). The summed E-state index contributed by atoms with van der Waals surface area (Å²) in [6.07, 6.45) is 26.7. The van der Waals surface area contributed by atoms with Gasteiger partial charge in [0.05, 0.1) is 0 Å². The van der Waals surface area contributed by atoms with Crippen LogP contribution in [0.15, 0.2) is 96.1 Å². The highest BCUT2D eigenvalue weighted by atomic mass is 14.4. The van der Waals surface area contributed by atoms with Gasteiger partial charge in [0.2, 0.25) is 0 Å². The van der Waals surface area contributed by atoms with Gasteiger partial charge in [-0.2, -0.15) is 0 Å². The average Bonchev–Trinajstić information content (AvgIpc) is 3.58. The zero-order valence-electron chi connectivity index (χ0n) is 22.8. The molecule has 0 amide bonds. The van der Waals surface area contributed by atoms with Crippen LogP contribution in [-0.2, 0) is 11.8 Å². The van der Waals surface area contributed by atoms with Crippen molar-refractivity contribution in [2.45, 2.75) is 83.5 Å². The molecule has 0 heterocycles. The van der Waals surface area contributed by atoms with Gasteiger partial charge in [0, 0.05) is 0 Å². The van der Waals surface area contributed by atoms with E-state index in [2.05, 4.69) is 98.8 Å². The van der Waals surface area contributed by atoms with Crippen LogP contribution in [0.3, 0.4) is 0 Å². The summed E-state index contributed by atoms with van der Waals surface area (Å²) in [6.45, 7) is 4.93. The minimum Gasteiger partial charge on any atom is -0.0654 e. The van der Waals surface area contributed by atoms with Gasteiger partial charge in [-0.05, 0) is 80.3 Å². The Kier molecular flexibility index (Phi) is 6.94. The van der Waals surface area contributed by atoms with E-state index >= 15 is 0 Å². The molecule has 2 unspecified atom stereocenters. The summed E-state index contributed by atoms with van der Waals surface area (Å²) in [4.78, 5) is 0. The van der Waals surface area contributed by atoms with Gasteiger partial charge in [-0.15, -0.1) is 0 Å². The second-order valence-electron chi connectivity index (χ2n) is 12.2. The predicted octanol–water partition coefficient (Wildman–Crippen LogP) is 10.6. The van der Waals surface area contributed by atoms with Crippen LogP contribution in [0, 0.1) is 11.8 Å². The van der Waals surface area contributed by atoms with Crippen LogP contribution in [0.25, 0.3) is 21.5 Å². The van der Waals surface area contributed by atoms with Crippen molar-refractivity contribution >= 4 is 21.5 Å². The van der Waals surface area contributed by atoms with Crippen LogP contribution in [0.4, 0.5) is 0 Å². The largest absolute Gasteiger partial charge is 0.0654 e. The molecule has 0 heteroatoms. The third kappa shape index (κ3) is 4.76. The number of fused-ring (bicyclic) bond motifs is 6. The maximum Gasteiger partial charge on any atom is -0.00695 e. The molecule has 190 valence electrons. The molecule has 4 aliphatic carbocycles.